The van der Waals surface area contributed by atoms with Crippen molar-refractivity contribution < 1.29 is 19.4 Å². The number of nitrogens with one attached hydrogen (secondary N) is 1. The Morgan fingerprint density at radius 3 is 2.54 bits per heavy atom. The van der Waals surface area contributed by atoms with E-state index >= 15 is 0 Å². The molecule has 0 unspecified atom stereocenters. The molecule has 0 bridgehead atoms. The summed E-state index contributed by atoms with van der Waals surface area (Å²) in [7, 11) is 3.10. The lowest BCUT2D eigenvalue weighted by Gasteiger charge is -2.13. The number of hydrogen-bond acceptors (Lipinski definition) is 5. The monoisotopic (exact) mass is 380 g/mol. The minimum Gasteiger partial charge on any atom is -0.506 e. The molecule has 7 nitrogen and oxygen atoms in total. The van der Waals surface area contributed by atoms with E-state index in [-0.39, 0.29) is 17.9 Å². The Morgan fingerprint density at radius 2 is 1.86 bits per heavy atom. The number of pyridine rings is 1. The van der Waals surface area contributed by atoms with Crippen molar-refractivity contribution in [3.8, 4) is 22.6 Å². The van der Waals surface area contributed by atoms with Crippen LogP contribution in [0.4, 0.5) is 0 Å². The third kappa shape index (κ3) is 3.46. The van der Waals surface area contributed by atoms with E-state index in [4.69, 9.17) is 4.74 Å². The highest BCUT2D eigenvalue weighted by molar-refractivity contribution is 6.04. The lowest BCUT2D eigenvalue weighted by molar-refractivity contribution is -0.116. The molecule has 28 heavy (non-hydrogen) atoms. The van der Waals surface area contributed by atoms with Crippen molar-refractivity contribution in [2.75, 3.05) is 13.7 Å². The zero-order chi connectivity index (χ0) is 20.4. The van der Waals surface area contributed by atoms with Crippen molar-refractivity contribution in [1.29, 1.82) is 0 Å². The van der Waals surface area contributed by atoms with E-state index in [2.05, 4.69) is 5.32 Å². The van der Waals surface area contributed by atoms with Crippen LogP contribution in [-0.2, 0) is 11.8 Å². The summed E-state index contributed by atoms with van der Waals surface area (Å²) in [6, 6.07) is 12.7. The van der Waals surface area contributed by atoms with Crippen LogP contribution in [0.3, 0.4) is 0 Å². The number of nitrogens with zero attached hydrogens (tertiary/aromatic N) is 1. The molecule has 7 heteroatoms. The van der Waals surface area contributed by atoms with E-state index < -0.39 is 17.2 Å². The molecule has 0 spiro atoms. The summed E-state index contributed by atoms with van der Waals surface area (Å²) in [5.41, 5.74) is 1.10. The number of methoxy groups -OCH3 is 1. The Bertz CT molecular complexity index is 1150. The third-order valence-electron chi connectivity index (χ3n) is 4.50. The van der Waals surface area contributed by atoms with Crippen molar-refractivity contribution in [3.05, 3.63) is 58.4 Å². The largest absolute Gasteiger partial charge is 0.506 e. The van der Waals surface area contributed by atoms with Crippen molar-refractivity contribution in [3.63, 3.8) is 0 Å². The molecule has 0 radical (unpaired) electrons. The van der Waals surface area contributed by atoms with E-state index in [0.29, 0.717) is 16.7 Å². The average molecular weight is 380 g/mol. The lowest BCUT2D eigenvalue weighted by atomic mass is 10.0. The van der Waals surface area contributed by atoms with Gasteiger partial charge in [0.05, 0.1) is 19.2 Å². The molecule has 144 valence electrons. The van der Waals surface area contributed by atoms with E-state index in [0.717, 1.165) is 11.1 Å². The number of Topliss-reactive ketones (excluding diaryl/α,β-unsaturated/α-hetero) is 1. The first-order valence-electron chi connectivity index (χ1n) is 8.61. The number of carbonyl (C=O) groups excluding carboxylic acids is 2. The average Bonchev–Trinajstić information content (AvgIpc) is 2.70. The maximum Gasteiger partial charge on any atom is 0.267 e. The SMILES string of the molecule is COc1cccc(-c2ccc3c(c2)c(O)c(C(=O)NCC(C)=O)c(=O)n3C)c1. The van der Waals surface area contributed by atoms with Gasteiger partial charge in [0.1, 0.15) is 22.8 Å². The second-order valence-electron chi connectivity index (χ2n) is 6.44. The minimum atomic E-state index is -0.790. The van der Waals surface area contributed by atoms with Gasteiger partial charge in [-0.15, -0.1) is 0 Å². The summed E-state index contributed by atoms with van der Waals surface area (Å²) in [6.07, 6.45) is 0. The second kappa shape index (κ2) is 7.56. The second-order valence-corrected chi connectivity index (χ2v) is 6.44. The number of aromatic nitrogens is 1. The minimum absolute atomic E-state index is 0.219. The highest BCUT2D eigenvalue weighted by Gasteiger charge is 2.21. The summed E-state index contributed by atoms with van der Waals surface area (Å²) in [6.45, 7) is 1.10. The van der Waals surface area contributed by atoms with Crippen LogP contribution in [0.15, 0.2) is 47.3 Å². The van der Waals surface area contributed by atoms with Crippen molar-refractivity contribution in [1.82, 2.24) is 9.88 Å². The predicted octanol–water partition coefficient (Wildman–Crippen LogP) is 2.24. The van der Waals surface area contributed by atoms with Crippen LogP contribution in [-0.4, -0.2) is 35.0 Å². The summed E-state index contributed by atoms with van der Waals surface area (Å²) in [5, 5.41) is 13.4. The van der Waals surface area contributed by atoms with Crippen LogP contribution in [0, 0.1) is 0 Å². The molecule has 0 aliphatic heterocycles. The number of carbonyl (C=O) groups is 2. The molecule has 3 rings (SSSR count). The zero-order valence-corrected chi connectivity index (χ0v) is 15.8. The van der Waals surface area contributed by atoms with Crippen LogP contribution in [0.2, 0.25) is 0 Å². The Labute approximate surface area is 161 Å². The lowest BCUT2D eigenvalue weighted by Crippen LogP contribution is -2.34. The van der Waals surface area contributed by atoms with Gasteiger partial charge in [-0.05, 0) is 42.3 Å². The van der Waals surface area contributed by atoms with Gasteiger partial charge in [-0.25, -0.2) is 0 Å². The summed E-state index contributed by atoms with van der Waals surface area (Å²) >= 11 is 0. The smallest absolute Gasteiger partial charge is 0.267 e. The maximum atomic E-state index is 12.6. The number of aryl methyl sites for hydroxylation is 1. The molecule has 2 aromatic carbocycles. The van der Waals surface area contributed by atoms with Gasteiger partial charge in [-0.3, -0.25) is 14.4 Å². The van der Waals surface area contributed by atoms with Crippen LogP contribution in [0.1, 0.15) is 17.3 Å². The fourth-order valence-corrected chi connectivity index (χ4v) is 3.01. The number of ether oxygens (including phenoxy) is 1. The number of aromatic hydroxyl groups is 1. The van der Waals surface area contributed by atoms with Crippen molar-refractivity contribution in [2.24, 2.45) is 7.05 Å². The molecule has 0 saturated carbocycles. The molecule has 1 heterocycles. The number of amides is 1. The molecule has 1 aromatic heterocycles. The molecule has 0 saturated heterocycles. The predicted molar refractivity (Wildman–Crippen MR) is 106 cm³/mol. The molecule has 1 amide bonds. The molecule has 0 aliphatic rings. The normalized spacial score (nSPS) is 10.7. The van der Waals surface area contributed by atoms with Crippen molar-refractivity contribution >= 4 is 22.6 Å². The quantitative estimate of drug-likeness (QED) is 0.707. The van der Waals surface area contributed by atoms with Gasteiger partial charge in [-0.2, -0.15) is 0 Å². The van der Waals surface area contributed by atoms with Gasteiger partial charge in [0.2, 0.25) is 0 Å². The maximum absolute atomic E-state index is 12.6. The Balaban J connectivity index is 2.18. The van der Waals surface area contributed by atoms with E-state index in [1.54, 1.807) is 19.2 Å². The molecular weight excluding hydrogens is 360 g/mol. The highest BCUT2D eigenvalue weighted by atomic mass is 16.5. The Kier molecular flexibility index (Phi) is 5.17. The van der Waals surface area contributed by atoms with Gasteiger partial charge in [-0.1, -0.05) is 18.2 Å². The number of fused-ring (bicyclic) bond motifs is 1. The van der Waals surface area contributed by atoms with E-state index in [1.807, 2.05) is 30.3 Å². The number of ketones is 1. The summed E-state index contributed by atoms with van der Waals surface area (Å²) < 4.78 is 6.54. The van der Waals surface area contributed by atoms with Gasteiger partial charge in [0.25, 0.3) is 11.5 Å². The first-order chi connectivity index (χ1) is 13.3. The Morgan fingerprint density at radius 1 is 1.14 bits per heavy atom. The van der Waals surface area contributed by atoms with Crippen LogP contribution in [0.5, 0.6) is 11.5 Å². The van der Waals surface area contributed by atoms with Crippen LogP contribution < -0.4 is 15.6 Å². The molecule has 0 aliphatic carbocycles. The van der Waals surface area contributed by atoms with Crippen LogP contribution >= 0.6 is 0 Å². The fourth-order valence-electron chi connectivity index (χ4n) is 3.01. The molecule has 3 aromatic rings. The number of benzene rings is 2. The zero-order valence-electron chi connectivity index (χ0n) is 15.8. The number of hydrogen-bond donors (Lipinski definition) is 2. The summed E-state index contributed by atoms with van der Waals surface area (Å²) in [5.74, 6) is -0.775. The molecule has 0 fully saturated rings. The van der Waals surface area contributed by atoms with Gasteiger partial charge >= 0.3 is 0 Å². The molecule has 0 atom stereocenters. The number of rotatable bonds is 5. The van der Waals surface area contributed by atoms with E-state index in [1.165, 1.54) is 18.5 Å². The highest BCUT2D eigenvalue weighted by Crippen LogP contribution is 2.31. The molecular formula is C21H20N2O5. The molecule has 2 N–H and O–H groups in total. The van der Waals surface area contributed by atoms with Crippen molar-refractivity contribution in [2.45, 2.75) is 6.92 Å². The first-order valence-corrected chi connectivity index (χ1v) is 8.61. The third-order valence-corrected chi connectivity index (χ3v) is 4.50. The van der Waals surface area contributed by atoms with Crippen LogP contribution in [0.25, 0.3) is 22.0 Å². The topological polar surface area (TPSA) is 97.6 Å². The van der Waals surface area contributed by atoms with Gasteiger partial charge in [0, 0.05) is 12.4 Å². The first kappa shape index (κ1) is 19.2. The van der Waals surface area contributed by atoms with Gasteiger partial charge in [0.15, 0.2) is 0 Å². The fraction of sp³-hybridized carbons (Fsp3) is 0.190. The Hall–Kier alpha value is -3.61. The van der Waals surface area contributed by atoms with E-state index in [9.17, 15) is 19.5 Å². The standard InChI is InChI=1S/C21H20N2O5/c1-12(24)11-22-20(26)18-19(25)16-10-14(7-8-17(16)23(2)21(18)27)13-5-4-6-15(9-13)28-3/h4-10,25H,11H2,1-3H3,(H,22,26). The van der Waals surface area contributed by atoms with Gasteiger partial charge < -0.3 is 19.7 Å². The summed E-state index contributed by atoms with van der Waals surface area (Å²) in [4.78, 5) is 36.1.